The fourth-order valence-corrected chi connectivity index (χ4v) is 6.66. The number of fused-ring (bicyclic) bond motifs is 1. The number of carbonyl (C=O) groups is 3. The van der Waals surface area contributed by atoms with Gasteiger partial charge in [0, 0.05) is 36.3 Å². The first-order valence-electron chi connectivity index (χ1n) is 15.7. The fourth-order valence-electron chi connectivity index (χ4n) is 6.66. The minimum atomic E-state index is -2.27. The molecule has 4 atom stereocenters. The maximum atomic E-state index is 13.8. The first-order chi connectivity index (χ1) is 21.1. The number of nitrogens with one attached hydrogen (secondary N) is 1. The van der Waals surface area contributed by atoms with E-state index in [1.165, 1.54) is 49.7 Å². The Balaban J connectivity index is 0.000000382. The van der Waals surface area contributed by atoms with Crippen LogP contribution in [0.5, 0.6) is 0 Å². The van der Waals surface area contributed by atoms with E-state index in [9.17, 15) is 19.5 Å². The quantitative estimate of drug-likeness (QED) is 0.230. The smallest absolute Gasteiger partial charge is 0.335 e. The molecule has 2 fully saturated rings. The lowest BCUT2D eigenvalue weighted by Crippen LogP contribution is -2.48. The van der Waals surface area contributed by atoms with Crippen molar-refractivity contribution in [2.75, 3.05) is 6.54 Å². The van der Waals surface area contributed by atoms with Crippen LogP contribution in [0.3, 0.4) is 0 Å². The van der Waals surface area contributed by atoms with Crippen LogP contribution in [-0.2, 0) is 16.0 Å². The standard InChI is InChI=1S/C28H39N3O3.C4H6O6/c1-19(32)18-29-25-16-15-22-23(25)13-8-14-24(22)27-17-26(30-34-27)28(33)31(20-9-4-2-5-10-20)21-11-6-3-7-12-21;5-1(3(7)8)2(6)4(9)10/h8,13-14,17,19-21,25,29,32H,2-7,9-12,15-16,18H2,1H3;1-2,5-6H,(H,7,8)(H,9,10)/t;1-,2-/m.0/s1. The third kappa shape index (κ3) is 8.23. The van der Waals surface area contributed by atoms with Gasteiger partial charge in [-0.3, -0.25) is 4.79 Å². The molecule has 5 rings (SSSR count). The molecule has 6 N–H and O–H groups in total. The fraction of sp³-hybridized carbons (Fsp3) is 0.625. The largest absolute Gasteiger partial charge is 0.479 e. The van der Waals surface area contributed by atoms with Crippen molar-refractivity contribution in [3.05, 3.63) is 41.1 Å². The predicted molar refractivity (Wildman–Crippen MR) is 160 cm³/mol. The van der Waals surface area contributed by atoms with E-state index >= 15 is 0 Å². The van der Waals surface area contributed by atoms with Crippen LogP contribution in [0.1, 0.15) is 105 Å². The Hall–Kier alpha value is -3.32. The summed E-state index contributed by atoms with van der Waals surface area (Å²) in [6, 6.07) is 9.07. The summed E-state index contributed by atoms with van der Waals surface area (Å²) < 4.78 is 5.80. The molecule has 1 aromatic carbocycles. The van der Waals surface area contributed by atoms with Gasteiger partial charge in [-0.25, -0.2) is 9.59 Å². The van der Waals surface area contributed by atoms with Crippen molar-refractivity contribution in [2.24, 2.45) is 0 Å². The summed E-state index contributed by atoms with van der Waals surface area (Å²) in [7, 11) is 0. The topological polar surface area (TPSA) is 194 Å². The number of carbonyl (C=O) groups excluding carboxylic acids is 1. The minimum absolute atomic E-state index is 0.0536. The van der Waals surface area contributed by atoms with Gasteiger partial charge in [0.15, 0.2) is 23.7 Å². The molecule has 2 aromatic rings. The van der Waals surface area contributed by atoms with Crippen molar-refractivity contribution in [1.82, 2.24) is 15.4 Å². The number of nitrogens with zero attached hydrogens (tertiary/aromatic N) is 2. The molecule has 1 aromatic heterocycles. The highest BCUT2D eigenvalue weighted by Crippen LogP contribution is 2.38. The van der Waals surface area contributed by atoms with Crippen molar-refractivity contribution in [1.29, 1.82) is 0 Å². The van der Waals surface area contributed by atoms with Gasteiger partial charge in [-0.1, -0.05) is 61.9 Å². The molecule has 12 nitrogen and oxygen atoms in total. The molecule has 0 saturated heterocycles. The summed E-state index contributed by atoms with van der Waals surface area (Å²) in [5.74, 6) is -2.80. The van der Waals surface area contributed by atoms with Gasteiger partial charge in [-0.15, -0.1) is 0 Å². The highest BCUT2D eigenvalue weighted by Gasteiger charge is 2.35. The lowest BCUT2D eigenvalue weighted by atomic mass is 9.88. The molecule has 0 bridgehead atoms. The third-order valence-corrected chi connectivity index (χ3v) is 8.90. The Morgan fingerprint density at radius 2 is 1.48 bits per heavy atom. The highest BCUT2D eigenvalue weighted by atomic mass is 16.5. The van der Waals surface area contributed by atoms with Gasteiger partial charge in [0.25, 0.3) is 5.91 Å². The predicted octanol–water partition coefficient (Wildman–Crippen LogP) is 3.28. The second kappa shape index (κ2) is 15.6. The van der Waals surface area contributed by atoms with Gasteiger partial charge in [0.05, 0.1) is 6.10 Å². The molecule has 0 spiro atoms. The van der Waals surface area contributed by atoms with E-state index in [0.717, 1.165) is 44.1 Å². The molecule has 2 unspecified atom stereocenters. The van der Waals surface area contributed by atoms with Crippen LogP contribution >= 0.6 is 0 Å². The van der Waals surface area contributed by atoms with Crippen molar-refractivity contribution < 1.29 is 44.4 Å². The second-order valence-corrected chi connectivity index (χ2v) is 12.2. The first-order valence-corrected chi connectivity index (χ1v) is 15.7. The molecule has 1 heterocycles. The monoisotopic (exact) mass is 615 g/mol. The number of carboxylic acid groups (broad SMARTS) is 2. The maximum Gasteiger partial charge on any atom is 0.335 e. The van der Waals surface area contributed by atoms with E-state index in [0.29, 0.717) is 30.1 Å². The first kappa shape index (κ1) is 33.6. The van der Waals surface area contributed by atoms with E-state index in [4.69, 9.17) is 24.9 Å². The van der Waals surface area contributed by atoms with Gasteiger partial charge < -0.3 is 40.3 Å². The number of aliphatic carboxylic acids is 2. The zero-order chi connectivity index (χ0) is 31.8. The Morgan fingerprint density at radius 3 is 2.00 bits per heavy atom. The number of amides is 1. The van der Waals surface area contributed by atoms with Crippen LogP contribution in [0.15, 0.2) is 28.8 Å². The lowest BCUT2D eigenvalue weighted by molar-refractivity contribution is -0.165. The molecule has 242 valence electrons. The summed E-state index contributed by atoms with van der Waals surface area (Å²) in [6.07, 6.45) is 8.90. The van der Waals surface area contributed by atoms with Crippen LogP contribution in [0.25, 0.3) is 11.3 Å². The molecule has 1 amide bonds. The van der Waals surface area contributed by atoms with Crippen molar-refractivity contribution in [3.63, 3.8) is 0 Å². The van der Waals surface area contributed by atoms with Gasteiger partial charge in [-0.2, -0.15) is 0 Å². The number of carboxylic acids is 2. The summed E-state index contributed by atoms with van der Waals surface area (Å²) in [5, 5.41) is 49.9. The summed E-state index contributed by atoms with van der Waals surface area (Å²) >= 11 is 0. The summed E-state index contributed by atoms with van der Waals surface area (Å²) in [5.41, 5.74) is 4.00. The van der Waals surface area contributed by atoms with Crippen LogP contribution in [0.4, 0.5) is 0 Å². The number of rotatable bonds is 10. The Kier molecular flexibility index (Phi) is 11.9. The van der Waals surface area contributed by atoms with Crippen LogP contribution in [-0.4, -0.2) is 90.4 Å². The number of hydrogen-bond donors (Lipinski definition) is 6. The minimum Gasteiger partial charge on any atom is -0.479 e. The SMILES string of the molecule is CC(O)CNC1CCc2c(-c3cc(C(=O)N(C4CCCCC4)C4CCCCC4)no3)cccc21.O=C(O)[C@@H](O)[C@H](O)C(=O)O. The molecule has 44 heavy (non-hydrogen) atoms. The van der Waals surface area contributed by atoms with Crippen molar-refractivity contribution >= 4 is 17.8 Å². The second-order valence-electron chi connectivity index (χ2n) is 12.2. The van der Waals surface area contributed by atoms with Gasteiger partial charge in [0.1, 0.15) is 0 Å². The molecule has 3 aliphatic carbocycles. The Bertz CT molecular complexity index is 1230. The summed E-state index contributed by atoms with van der Waals surface area (Å²) in [6.45, 7) is 2.38. The van der Waals surface area contributed by atoms with Crippen LogP contribution < -0.4 is 5.32 Å². The van der Waals surface area contributed by atoms with E-state index < -0.39 is 24.1 Å². The van der Waals surface area contributed by atoms with Crippen molar-refractivity contribution in [3.8, 4) is 11.3 Å². The van der Waals surface area contributed by atoms with Gasteiger partial charge in [0.2, 0.25) is 0 Å². The van der Waals surface area contributed by atoms with E-state index in [2.05, 4.69) is 33.6 Å². The third-order valence-electron chi connectivity index (χ3n) is 8.90. The average molecular weight is 616 g/mol. The number of aliphatic hydroxyl groups excluding tert-OH is 3. The number of aliphatic hydroxyl groups is 3. The number of benzene rings is 1. The van der Waals surface area contributed by atoms with Gasteiger partial charge in [-0.05, 0) is 56.6 Å². The zero-order valence-electron chi connectivity index (χ0n) is 25.2. The average Bonchev–Trinajstić information content (AvgIpc) is 3.68. The maximum absolute atomic E-state index is 13.8. The molecule has 3 aliphatic rings. The summed E-state index contributed by atoms with van der Waals surface area (Å²) in [4.78, 5) is 35.5. The molecule has 0 aliphatic heterocycles. The van der Waals surface area contributed by atoms with E-state index in [1.54, 1.807) is 6.92 Å². The molecular weight excluding hydrogens is 570 g/mol. The van der Waals surface area contributed by atoms with E-state index in [-0.39, 0.29) is 18.1 Å². The van der Waals surface area contributed by atoms with Crippen LogP contribution in [0.2, 0.25) is 0 Å². The molecular formula is C32H45N3O9. The normalized spacial score (nSPS) is 21.0. The Morgan fingerprint density at radius 1 is 0.909 bits per heavy atom. The lowest BCUT2D eigenvalue weighted by Gasteiger charge is -2.41. The van der Waals surface area contributed by atoms with Crippen molar-refractivity contribution in [2.45, 2.75) is 120 Å². The molecule has 12 heteroatoms. The highest BCUT2D eigenvalue weighted by molar-refractivity contribution is 5.93. The number of aromatic nitrogens is 1. The molecule has 0 radical (unpaired) electrons. The molecule has 2 saturated carbocycles. The van der Waals surface area contributed by atoms with E-state index in [1.807, 2.05) is 6.07 Å². The van der Waals surface area contributed by atoms with Crippen LogP contribution in [0, 0.1) is 0 Å². The number of hydrogen-bond acceptors (Lipinski definition) is 9. The Labute approximate surface area is 257 Å². The van der Waals surface area contributed by atoms with Gasteiger partial charge >= 0.3 is 11.9 Å². The zero-order valence-corrected chi connectivity index (χ0v) is 25.2.